The van der Waals surface area contributed by atoms with Gasteiger partial charge < -0.3 is 9.84 Å². The highest BCUT2D eigenvalue weighted by Gasteiger charge is 2.20. The summed E-state index contributed by atoms with van der Waals surface area (Å²) in [6.07, 6.45) is 0.727. The van der Waals surface area contributed by atoms with Crippen molar-refractivity contribution in [3.8, 4) is 0 Å². The topological polar surface area (TPSA) is 88.5 Å². The predicted molar refractivity (Wildman–Crippen MR) is 65.8 cm³/mol. The molecule has 6 nitrogen and oxygen atoms in total. The molecule has 0 saturated carbocycles. The molecule has 2 N–H and O–H groups in total. The van der Waals surface area contributed by atoms with Gasteiger partial charge in [-0.05, 0) is 33.8 Å². The van der Waals surface area contributed by atoms with E-state index < -0.39 is 17.7 Å². The van der Waals surface area contributed by atoms with E-state index in [-0.39, 0.29) is 11.3 Å². The standard InChI is InChI=1S/C12H16N2O4/c1-7-9(10(15)16)8(5-6-13-7)14-11(17)18-12(2,3)4/h5-6H,1-4H3,(H,15,16)(H,13,14,17). The second-order valence-corrected chi connectivity index (χ2v) is 4.75. The number of pyridine rings is 1. The van der Waals surface area contributed by atoms with Gasteiger partial charge in [0.25, 0.3) is 0 Å². The molecule has 0 aliphatic rings. The van der Waals surface area contributed by atoms with E-state index in [1.807, 2.05) is 0 Å². The van der Waals surface area contributed by atoms with Crippen LogP contribution in [0.25, 0.3) is 0 Å². The number of carbonyl (C=O) groups excluding carboxylic acids is 1. The van der Waals surface area contributed by atoms with Crippen molar-refractivity contribution in [1.29, 1.82) is 0 Å². The number of hydrogen-bond acceptors (Lipinski definition) is 4. The number of aromatic carboxylic acids is 1. The zero-order valence-corrected chi connectivity index (χ0v) is 10.8. The minimum atomic E-state index is -1.15. The van der Waals surface area contributed by atoms with Gasteiger partial charge in [-0.1, -0.05) is 0 Å². The third-order valence-corrected chi connectivity index (χ3v) is 1.99. The lowest BCUT2D eigenvalue weighted by Crippen LogP contribution is -2.28. The second-order valence-electron chi connectivity index (χ2n) is 4.75. The molecule has 0 aromatic carbocycles. The highest BCUT2D eigenvalue weighted by atomic mass is 16.6. The third kappa shape index (κ3) is 3.73. The number of rotatable bonds is 2. The fraction of sp³-hybridized carbons (Fsp3) is 0.417. The third-order valence-electron chi connectivity index (χ3n) is 1.99. The van der Waals surface area contributed by atoms with E-state index in [0.717, 1.165) is 0 Å². The maximum Gasteiger partial charge on any atom is 0.412 e. The maximum absolute atomic E-state index is 11.6. The van der Waals surface area contributed by atoms with Crippen molar-refractivity contribution in [2.45, 2.75) is 33.3 Å². The molecule has 0 fully saturated rings. The SMILES string of the molecule is Cc1nccc(NC(=O)OC(C)(C)C)c1C(=O)O. The quantitative estimate of drug-likeness (QED) is 0.843. The van der Waals surface area contributed by atoms with Crippen molar-refractivity contribution in [2.24, 2.45) is 0 Å². The molecule has 1 aromatic heterocycles. The summed E-state index contributed by atoms with van der Waals surface area (Å²) in [6, 6.07) is 1.42. The normalized spacial score (nSPS) is 10.9. The van der Waals surface area contributed by atoms with Crippen molar-refractivity contribution in [3.63, 3.8) is 0 Å². The first-order chi connectivity index (χ1) is 8.20. The van der Waals surface area contributed by atoms with E-state index in [1.54, 1.807) is 27.7 Å². The van der Waals surface area contributed by atoms with E-state index >= 15 is 0 Å². The molecule has 0 spiro atoms. The maximum atomic E-state index is 11.6. The Morgan fingerprint density at radius 1 is 1.39 bits per heavy atom. The van der Waals surface area contributed by atoms with Crippen LogP contribution in [-0.4, -0.2) is 27.8 Å². The average Bonchev–Trinajstić information content (AvgIpc) is 2.13. The molecule has 0 aliphatic carbocycles. The molecular weight excluding hydrogens is 236 g/mol. The number of nitrogens with zero attached hydrogens (tertiary/aromatic N) is 1. The molecule has 1 rings (SSSR count). The van der Waals surface area contributed by atoms with E-state index in [9.17, 15) is 9.59 Å². The summed E-state index contributed by atoms with van der Waals surface area (Å²) in [5, 5.41) is 11.5. The van der Waals surface area contributed by atoms with Crippen LogP contribution in [0.2, 0.25) is 0 Å². The first kappa shape index (κ1) is 14.0. The molecule has 6 heteroatoms. The van der Waals surface area contributed by atoms with Gasteiger partial charge >= 0.3 is 12.1 Å². The van der Waals surface area contributed by atoms with Gasteiger partial charge in [-0.2, -0.15) is 0 Å². The van der Waals surface area contributed by atoms with Crippen molar-refractivity contribution >= 4 is 17.7 Å². The van der Waals surface area contributed by atoms with E-state index in [2.05, 4.69) is 10.3 Å². The van der Waals surface area contributed by atoms with Gasteiger partial charge in [-0.15, -0.1) is 0 Å². The Morgan fingerprint density at radius 2 is 2.00 bits per heavy atom. The molecule has 98 valence electrons. The Morgan fingerprint density at radius 3 is 2.50 bits per heavy atom. The van der Waals surface area contributed by atoms with Gasteiger partial charge in [0.1, 0.15) is 11.2 Å². The van der Waals surface area contributed by atoms with Gasteiger partial charge in [0.15, 0.2) is 0 Å². The summed E-state index contributed by atoms with van der Waals surface area (Å²) in [6.45, 7) is 6.73. The second kappa shape index (κ2) is 5.03. The Labute approximate surface area is 105 Å². The van der Waals surface area contributed by atoms with Crippen LogP contribution in [0.1, 0.15) is 36.8 Å². The molecular formula is C12H16N2O4. The van der Waals surface area contributed by atoms with Gasteiger partial charge in [0.05, 0.1) is 11.4 Å². The Kier molecular flexibility index (Phi) is 3.90. The Bertz CT molecular complexity index is 477. The fourth-order valence-electron chi connectivity index (χ4n) is 1.35. The van der Waals surface area contributed by atoms with Crippen molar-refractivity contribution < 1.29 is 19.4 Å². The van der Waals surface area contributed by atoms with Gasteiger partial charge in [0, 0.05) is 6.20 Å². The van der Waals surface area contributed by atoms with Crippen LogP contribution in [0.5, 0.6) is 0 Å². The number of ether oxygens (including phenoxy) is 1. The average molecular weight is 252 g/mol. The molecule has 0 unspecified atom stereocenters. The molecule has 1 heterocycles. The first-order valence-corrected chi connectivity index (χ1v) is 5.39. The van der Waals surface area contributed by atoms with Crippen molar-refractivity contribution in [2.75, 3.05) is 5.32 Å². The van der Waals surface area contributed by atoms with Crippen LogP contribution in [0.3, 0.4) is 0 Å². The van der Waals surface area contributed by atoms with E-state index in [0.29, 0.717) is 5.69 Å². The zero-order chi connectivity index (χ0) is 13.9. The Hall–Kier alpha value is -2.11. The van der Waals surface area contributed by atoms with Gasteiger partial charge in [-0.25, -0.2) is 9.59 Å². The minimum Gasteiger partial charge on any atom is -0.478 e. The molecule has 1 amide bonds. The number of amides is 1. The van der Waals surface area contributed by atoms with Gasteiger partial charge in [0.2, 0.25) is 0 Å². The largest absolute Gasteiger partial charge is 0.478 e. The molecule has 0 aliphatic heterocycles. The number of aryl methyl sites for hydroxylation is 1. The van der Waals surface area contributed by atoms with Crippen LogP contribution < -0.4 is 5.32 Å². The predicted octanol–water partition coefficient (Wildman–Crippen LogP) is 2.44. The molecule has 0 atom stereocenters. The lowest BCUT2D eigenvalue weighted by molar-refractivity contribution is 0.0636. The highest BCUT2D eigenvalue weighted by molar-refractivity contribution is 5.99. The molecule has 0 bridgehead atoms. The highest BCUT2D eigenvalue weighted by Crippen LogP contribution is 2.18. The zero-order valence-electron chi connectivity index (χ0n) is 10.8. The number of nitrogens with one attached hydrogen (secondary N) is 1. The summed E-state index contributed by atoms with van der Waals surface area (Å²) >= 11 is 0. The number of hydrogen-bond donors (Lipinski definition) is 2. The van der Waals surface area contributed by atoms with Crippen molar-refractivity contribution in [3.05, 3.63) is 23.5 Å². The molecule has 0 saturated heterocycles. The van der Waals surface area contributed by atoms with Crippen LogP contribution in [0.4, 0.5) is 10.5 Å². The number of anilines is 1. The number of carboxylic acids is 1. The summed E-state index contributed by atoms with van der Waals surface area (Å²) < 4.78 is 5.05. The van der Waals surface area contributed by atoms with Crippen LogP contribution in [-0.2, 0) is 4.74 Å². The van der Waals surface area contributed by atoms with E-state index in [4.69, 9.17) is 9.84 Å². The molecule has 1 aromatic rings. The van der Waals surface area contributed by atoms with Crippen LogP contribution in [0.15, 0.2) is 12.3 Å². The lowest BCUT2D eigenvalue weighted by Gasteiger charge is -2.20. The molecule has 0 radical (unpaired) electrons. The van der Waals surface area contributed by atoms with Crippen molar-refractivity contribution in [1.82, 2.24) is 4.98 Å². The lowest BCUT2D eigenvalue weighted by atomic mass is 10.1. The minimum absolute atomic E-state index is 0.0386. The summed E-state index contributed by atoms with van der Waals surface area (Å²) in [5.41, 5.74) is -0.182. The molecule has 18 heavy (non-hydrogen) atoms. The summed E-state index contributed by atoms with van der Waals surface area (Å²) in [5.74, 6) is -1.15. The monoisotopic (exact) mass is 252 g/mol. The first-order valence-electron chi connectivity index (χ1n) is 5.39. The van der Waals surface area contributed by atoms with Crippen LogP contribution in [0, 0.1) is 6.92 Å². The number of carbonyl (C=O) groups is 2. The van der Waals surface area contributed by atoms with Gasteiger partial charge in [-0.3, -0.25) is 10.3 Å². The summed E-state index contributed by atoms with van der Waals surface area (Å²) in [7, 11) is 0. The van der Waals surface area contributed by atoms with E-state index in [1.165, 1.54) is 12.3 Å². The smallest absolute Gasteiger partial charge is 0.412 e. The number of carboxylic acid groups (broad SMARTS) is 1. The number of aromatic nitrogens is 1. The fourth-order valence-corrected chi connectivity index (χ4v) is 1.35. The summed E-state index contributed by atoms with van der Waals surface area (Å²) in [4.78, 5) is 26.5. The van der Waals surface area contributed by atoms with Crippen LogP contribution >= 0.6 is 0 Å². The Balaban J connectivity index is 2.95.